The summed E-state index contributed by atoms with van der Waals surface area (Å²) >= 11 is 0. The Bertz CT molecular complexity index is 862. The van der Waals surface area contributed by atoms with E-state index >= 15 is 0 Å². The third-order valence-electron chi connectivity index (χ3n) is 6.54. The van der Waals surface area contributed by atoms with Crippen LogP contribution in [0, 0.1) is 0 Å². The summed E-state index contributed by atoms with van der Waals surface area (Å²) in [7, 11) is 1.71. The number of aromatic nitrogens is 1. The lowest BCUT2D eigenvalue weighted by atomic mass is 9.94. The topological polar surface area (TPSA) is 79.3 Å². The molecular weight excluding hydrogens is 396 g/mol. The highest BCUT2D eigenvalue weighted by atomic mass is 16.7. The Labute approximate surface area is 182 Å². The molecule has 3 saturated heterocycles. The number of rotatable bonds is 6. The molecule has 3 fully saturated rings. The Morgan fingerprint density at radius 3 is 2.71 bits per heavy atom. The Kier molecular flexibility index (Phi) is 6.06. The Hall–Kier alpha value is -2.23. The first kappa shape index (κ1) is 20.7. The number of nitrogens with zero attached hydrogens (tertiary/aromatic N) is 3. The lowest BCUT2D eigenvalue weighted by molar-refractivity contribution is -0.183. The van der Waals surface area contributed by atoms with Gasteiger partial charge in [-0.1, -0.05) is 18.2 Å². The summed E-state index contributed by atoms with van der Waals surface area (Å²) in [5, 5.41) is 14.7. The van der Waals surface area contributed by atoms with Crippen LogP contribution in [0.1, 0.15) is 5.69 Å². The van der Waals surface area contributed by atoms with E-state index in [9.17, 15) is 5.11 Å². The van der Waals surface area contributed by atoms with Crippen molar-refractivity contribution in [1.29, 1.82) is 0 Å². The number of hydrogen-bond acceptors (Lipinski definition) is 8. The van der Waals surface area contributed by atoms with Gasteiger partial charge in [-0.3, -0.25) is 9.88 Å². The summed E-state index contributed by atoms with van der Waals surface area (Å²) in [5.74, 6) is 0.887. The number of piperazine rings is 1. The molecule has 0 amide bonds. The maximum atomic E-state index is 11.3. The number of methoxy groups -OCH3 is 1. The fourth-order valence-corrected chi connectivity index (χ4v) is 4.92. The molecule has 0 spiro atoms. The second-order valence-corrected chi connectivity index (χ2v) is 8.28. The number of anilines is 1. The van der Waals surface area contributed by atoms with Gasteiger partial charge in [0.1, 0.15) is 11.9 Å². The number of ether oxygens (including phenoxy) is 3. The second kappa shape index (κ2) is 9.10. The van der Waals surface area contributed by atoms with Crippen molar-refractivity contribution in [2.75, 3.05) is 44.8 Å². The van der Waals surface area contributed by atoms with Crippen molar-refractivity contribution < 1.29 is 19.3 Å². The van der Waals surface area contributed by atoms with Crippen LogP contribution in [0.25, 0.3) is 0 Å². The minimum absolute atomic E-state index is 0.144. The smallest absolute Gasteiger partial charge is 0.176 e. The zero-order valence-corrected chi connectivity index (χ0v) is 17.8. The summed E-state index contributed by atoms with van der Waals surface area (Å²) in [4.78, 5) is 9.00. The van der Waals surface area contributed by atoms with Crippen LogP contribution in [0.3, 0.4) is 0 Å². The Morgan fingerprint density at radius 1 is 1.13 bits per heavy atom. The average molecular weight is 427 g/mol. The maximum Gasteiger partial charge on any atom is 0.176 e. The summed E-state index contributed by atoms with van der Waals surface area (Å²) in [6.45, 7) is 4.43. The minimum Gasteiger partial charge on any atom is -0.495 e. The molecule has 166 valence electrons. The molecule has 3 aliphatic heterocycles. The van der Waals surface area contributed by atoms with Gasteiger partial charge >= 0.3 is 0 Å². The molecule has 0 radical (unpaired) electrons. The van der Waals surface area contributed by atoms with Crippen LogP contribution in [0.5, 0.6) is 5.75 Å². The van der Waals surface area contributed by atoms with E-state index in [1.54, 1.807) is 13.3 Å². The standard InChI is InChI=1S/C23H30N4O4/c1-29-18-8-3-2-7-17(18)26-10-12-27(13-11-26)21-22(28)20(19-15-30-23(21)31-19)25-14-16-6-4-5-9-24-16/h2-9,19-23,25,28H,10-15H2,1H3/t19-,20+,21-,22-,23+/m0/s1. The third kappa shape index (κ3) is 4.14. The molecule has 5 atom stereocenters. The largest absolute Gasteiger partial charge is 0.495 e. The molecule has 2 bridgehead atoms. The molecule has 8 heteroatoms. The van der Waals surface area contributed by atoms with Gasteiger partial charge in [0, 0.05) is 38.9 Å². The Balaban J connectivity index is 1.24. The van der Waals surface area contributed by atoms with E-state index in [4.69, 9.17) is 14.2 Å². The lowest BCUT2D eigenvalue weighted by Crippen LogP contribution is -2.66. The third-order valence-corrected chi connectivity index (χ3v) is 6.54. The highest BCUT2D eigenvalue weighted by Gasteiger charge is 2.52. The molecule has 0 saturated carbocycles. The number of fused-ring (bicyclic) bond motifs is 2. The van der Waals surface area contributed by atoms with Crippen molar-refractivity contribution >= 4 is 5.69 Å². The van der Waals surface area contributed by atoms with E-state index in [2.05, 4.69) is 26.2 Å². The monoisotopic (exact) mass is 426 g/mol. The summed E-state index contributed by atoms with van der Waals surface area (Å²) in [6.07, 6.45) is 0.678. The van der Waals surface area contributed by atoms with Crippen LogP contribution in [0.15, 0.2) is 48.7 Å². The lowest BCUT2D eigenvalue weighted by Gasteiger charge is -2.47. The summed E-state index contributed by atoms with van der Waals surface area (Å²) < 4.78 is 17.6. The van der Waals surface area contributed by atoms with Gasteiger partial charge < -0.3 is 29.5 Å². The van der Waals surface area contributed by atoms with E-state index in [1.807, 2.05) is 36.4 Å². The van der Waals surface area contributed by atoms with Gasteiger partial charge in [0.2, 0.25) is 0 Å². The average Bonchev–Trinajstić information content (AvgIpc) is 3.25. The van der Waals surface area contributed by atoms with E-state index < -0.39 is 6.10 Å². The predicted molar refractivity (Wildman–Crippen MR) is 116 cm³/mol. The van der Waals surface area contributed by atoms with Crippen LogP contribution in [0.4, 0.5) is 5.69 Å². The highest BCUT2D eigenvalue weighted by molar-refractivity contribution is 5.58. The molecule has 4 heterocycles. The predicted octanol–water partition coefficient (Wildman–Crippen LogP) is 0.855. The number of nitrogens with one attached hydrogen (secondary N) is 1. The SMILES string of the molecule is COc1ccccc1N1CCN([C@@H]2[C@@H]3OC[C@H](O3)[C@@H](NCc3ccccn3)[C@@H]2O)CC1. The van der Waals surface area contributed by atoms with Gasteiger partial charge in [-0.25, -0.2) is 0 Å². The summed E-state index contributed by atoms with van der Waals surface area (Å²) in [5.41, 5.74) is 2.05. The number of para-hydroxylation sites is 2. The molecule has 3 aliphatic rings. The number of hydrogen-bond donors (Lipinski definition) is 2. The van der Waals surface area contributed by atoms with Crippen LogP contribution in [-0.2, 0) is 16.0 Å². The Morgan fingerprint density at radius 2 is 1.94 bits per heavy atom. The van der Waals surface area contributed by atoms with Crippen LogP contribution >= 0.6 is 0 Å². The normalized spacial score (nSPS) is 31.0. The van der Waals surface area contributed by atoms with E-state index in [0.29, 0.717) is 13.2 Å². The summed E-state index contributed by atoms with van der Waals surface area (Å²) in [6, 6.07) is 13.6. The first-order valence-corrected chi connectivity index (χ1v) is 10.9. The van der Waals surface area contributed by atoms with Gasteiger partial charge in [0.15, 0.2) is 6.29 Å². The first-order valence-electron chi connectivity index (χ1n) is 10.9. The first-order chi connectivity index (χ1) is 15.2. The van der Waals surface area contributed by atoms with Crippen LogP contribution < -0.4 is 15.0 Å². The number of aliphatic hydroxyl groups excluding tert-OH is 1. The molecule has 2 N–H and O–H groups in total. The molecule has 1 aromatic heterocycles. The van der Waals surface area contributed by atoms with Crippen molar-refractivity contribution in [2.24, 2.45) is 0 Å². The van der Waals surface area contributed by atoms with Crippen LogP contribution in [0.2, 0.25) is 0 Å². The van der Waals surface area contributed by atoms with Crippen molar-refractivity contribution in [3.8, 4) is 5.75 Å². The molecule has 2 aromatic rings. The zero-order chi connectivity index (χ0) is 21.2. The van der Waals surface area contributed by atoms with Crippen molar-refractivity contribution in [2.45, 2.75) is 37.1 Å². The minimum atomic E-state index is -0.576. The molecule has 8 nitrogen and oxygen atoms in total. The second-order valence-electron chi connectivity index (χ2n) is 8.28. The number of aliphatic hydroxyl groups is 1. The zero-order valence-electron chi connectivity index (χ0n) is 17.8. The molecule has 1 aromatic carbocycles. The maximum absolute atomic E-state index is 11.3. The van der Waals surface area contributed by atoms with E-state index in [1.165, 1.54) is 0 Å². The molecule has 0 unspecified atom stereocenters. The van der Waals surface area contributed by atoms with Gasteiger partial charge in [-0.05, 0) is 24.3 Å². The van der Waals surface area contributed by atoms with Crippen LogP contribution in [-0.4, -0.2) is 85.5 Å². The van der Waals surface area contributed by atoms with Gasteiger partial charge in [0.05, 0.1) is 43.3 Å². The van der Waals surface area contributed by atoms with Crippen molar-refractivity contribution in [1.82, 2.24) is 15.2 Å². The highest BCUT2D eigenvalue weighted by Crippen LogP contribution is 2.33. The van der Waals surface area contributed by atoms with E-state index in [-0.39, 0.29) is 24.5 Å². The number of pyridine rings is 1. The fraction of sp³-hybridized carbons (Fsp3) is 0.522. The molecule has 31 heavy (non-hydrogen) atoms. The van der Waals surface area contributed by atoms with Gasteiger partial charge in [-0.15, -0.1) is 0 Å². The van der Waals surface area contributed by atoms with E-state index in [0.717, 1.165) is 43.3 Å². The molecular formula is C23H30N4O4. The van der Waals surface area contributed by atoms with Crippen molar-refractivity contribution in [3.05, 3.63) is 54.4 Å². The molecule has 0 aliphatic carbocycles. The molecule has 5 rings (SSSR count). The quantitative estimate of drug-likeness (QED) is 0.704. The van der Waals surface area contributed by atoms with Crippen molar-refractivity contribution in [3.63, 3.8) is 0 Å². The number of benzene rings is 1. The van der Waals surface area contributed by atoms with Gasteiger partial charge in [-0.2, -0.15) is 0 Å². The fourth-order valence-electron chi connectivity index (χ4n) is 4.92. The van der Waals surface area contributed by atoms with Gasteiger partial charge in [0.25, 0.3) is 0 Å².